The van der Waals surface area contributed by atoms with Gasteiger partial charge < -0.3 is 4.57 Å². The number of carbonyl (C=O) groups is 2. The second-order valence-corrected chi connectivity index (χ2v) is 13.4. The lowest BCUT2D eigenvalue weighted by molar-refractivity contribution is 0.0926. The third kappa shape index (κ3) is 4.75. The number of fused-ring (bicyclic) bond motifs is 4. The Kier molecular flexibility index (Phi) is 7.08. The van der Waals surface area contributed by atoms with Gasteiger partial charge in [0.1, 0.15) is 0 Å². The third-order valence-electron chi connectivity index (χ3n) is 10.2. The van der Waals surface area contributed by atoms with Crippen LogP contribution in [0.2, 0.25) is 0 Å². The van der Waals surface area contributed by atoms with Crippen molar-refractivity contribution in [2.24, 2.45) is 0 Å². The topological polar surface area (TPSA) is 42.3 Å². The zero-order chi connectivity index (χ0) is 34.8. The van der Waals surface area contributed by atoms with E-state index in [4.69, 9.17) is 0 Å². The van der Waals surface area contributed by atoms with Gasteiger partial charge in [-0.05, 0) is 96.1 Å². The summed E-state index contributed by atoms with van der Waals surface area (Å²) in [4.78, 5) is 30.7. The zero-order valence-electron chi connectivity index (χ0n) is 28.6. The number of benzene rings is 7. The number of anilines is 1. The first kappa shape index (κ1) is 30.5. The van der Waals surface area contributed by atoms with Gasteiger partial charge in [0.2, 0.25) is 0 Å². The maximum atomic E-state index is 14.9. The smallest absolute Gasteiger partial charge is 0.268 e. The third-order valence-corrected chi connectivity index (χ3v) is 10.2. The molecule has 0 radical (unpaired) electrons. The van der Waals surface area contributed by atoms with Crippen molar-refractivity contribution in [3.63, 3.8) is 0 Å². The molecular formula is C47H34N2O2. The number of hydrogen-bond acceptors (Lipinski definition) is 2. The van der Waals surface area contributed by atoms with Crippen molar-refractivity contribution < 1.29 is 9.59 Å². The van der Waals surface area contributed by atoms with Crippen LogP contribution in [0.3, 0.4) is 0 Å². The average Bonchev–Trinajstić information content (AvgIpc) is 3.61. The van der Waals surface area contributed by atoms with Crippen molar-refractivity contribution in [1.29, 1.82) is 0 Å². The van der Waals surface area contributed by atoms with Crippen LogP contribution in [0.25, 0.3) is 60.9 Å². The molecule has 0 aliphatic carbocycles. The normalized spacial score (nSPS) is 12.6. The Balaban J connectivity index is 1.24. The Morgan fingerprint density at radius 2 is 1.02 bits per heavy atom. The maximum absolute atomic E-state index is 14.9. The predicted octanol–water partition coefficient (Wildman–Crippen LogP) is 11.5. The minimum Gasteiger partial charge on any atom is -0.308 e. The van der Waals surface area contributed by atoms with Crippen LogP contribution in [0.4, 0.5) is 5.69 Å². The number of hydrogen-bond donors (Lipinski definition) is 0. The Morgan fingerprint density at radius 3 is 1.75 bits per heavy atom. The van der Waals surface area contributed by atoms with Crippen LogP contribution in [0, 0.1) is 20.8 Å². The van der Waals surface area contributed by atoms with E-state index in [0.717, 1.165) is 49.6 Å². The van der Waals surface area contributed by atoms with Crippen molar-refractivity contribution in [1.82, 2.24) is 4.57 Å². The van der Waals surface area contributed by atoms with Crippen LogP contribution in [0.15, 0.2) is 152 Å². The molecule has 51 heavy (non-hydrogen) atoms. The minimum atomic E-state index is -0.332. The molecule has 2 amide bonds. The zero-order valence-corrected chi connectivity index (χ0v) is 28.6. The van der Waals surface area contributed by atoms with E-state index in [0.29, 0.717) is 22.5 Å². The molecule has 4 heteroatoms. The van der Waals surface area contributed by atoms with Gasteiger partial charge in [-0.1, -0.05) is 121 Å². The summed E-state index contributed by atoms with van der Waals surface area (Å²) < 4.78 is 2.15. The van der Waals surface area contributed by atoms with Crippen LogP contribution in [-0.2, 0) is 0 Å². The number of aromatic nitrogens is 1. The number of rotatable bonds is 5. The molecule has 7 aromatic carbocycles. The first-order valence-electron chi connectivity index (χ1n) is 17.3. The van der Waals surface area contributed by atoms with Gasteiger partial charge in [-0.25, -0.2) is 4.90 Å². The second-order valence-electron chi connectivity index (χ2n) is 13.4. The average molecular weight is 659 g/mol. The van der Waals surface area contributed by atoms with Crippen molar-refractivity contribution in [3.8, 4) is 39.1 Å². The SMILES string of the molecule is Cc1cc(C)c(-c2ccc3c(c2)c2ccccc2n3-c2cccc3c2C(=O)N(c2cccc(-c4ccccc4)c2-c2ccccc2)C3=O)c(C)c1. The van der Waals surface area contributed by atoms with Crippen molar-refractivity contribution in [2.45, 2.75) is 20.8 Å². The fraction of sp³-hybridized carbons (Fsp3) is 0.0638. The minimum absolute atomic E-state index is 0.326. The first-order valence-corrected chi connectivity index (χ1v) is 17.3. The van der Waals surface area contributed by atoms with E-state index in [9.17, 15) is 9.59 Å². The Hall–Kier alpha value is -6.52. The molecule has 244 valence electrons. The quantitative estimate of drug-likeness (QED) is 0.173. The molecule has 0 bridgehead atoms. The largest absolute Gasteiger partial charge is 0.308 e. The molecular weight excluding hydrogens is 625 g/mol. The second kappa shape index (κ2) is 11.8. The molecule has 0 unspecified atom stereocenters. The lowest BCUT2D eigenvalue weighted by Gasteiger charge is -2.22. The van der Waals surface area contributed by atoms with E-state index in [1.54, 1.807) is 6.07 Å². The van der Waals surface area contributed by atoms with E-state index in [1.165, 1.54) is 27.2 Å². The van der Waals surface area contributed by atoms with E-state index >= 15 is 0 Å². The van der Waals surface area contributed by atoms with Gasteiger partial charge in [0, 0.05) is 16.3 Å². The van der Waals surface area contributed by atoms with Crippen LogP contribution >= 0.6 is 0 Å². The number of carbonyl (C=O) groups excluding carboxylic acids is 2. The van der Waals surface area contributed by atoms with Crippen molar-refractivity contribution >= 4 is 39.3 Å². The lowest BCUT2D eigenvalue weighted by Crippen LogP contribution is -2.30. The molecule has 0 spiro atoms. The molecule has 0 atom stereocenters. The summed E-state index contributed by atoms with van der Waals surface area (Å²) in [5, 5.41) is 2.18. The van der Waals surface area contributed by atoms with E-state index < -0.39 is 0 Å². The van der Waals surface area contributed by atoms with E-state index in [1.807, 2.05) is 78.9 Å². The summed E-state index contributed by atoms with van der Waals surface area (Å²) >= 11 is 0. The molecule has 0 saturated carbocycles. The van der Waals surface area contributed by atoms with Crippen LogP contribution < -0.4 is 4.90 Å². The number of nitrogens with zero attached hydrogens (tertiary/aromatic N) is 2. The molecule has 1 aliphatic rings. The van der Waals surface area contributed by atoms with Crippen molar-refractivity contribution in [2.75, 3.05) is 4.90 Å². The van der Waals surface area contributed by atoms with Crippen molar-refractivity contribution in [3.05, 3.63) is 179 Å². The van der Waals surface area contributed by atoms with E-state index in [2.05, 4.69) is 92.1 Å². The summed E-state index contributed by atoms with van der Waals surface area (Å²) in [6.45, 7) is 6.47. The van der Waals surface area contributed by atoms with Crippen LogP contribution in [0.1, 0.15) is 37.4 Å². The van der Waals surface area contributed by atoms with Crippen LogP contribution in [-0.4, -0.2) is 16.4 Å². The molecule has 9 rings (SSSR count). The van der Waals surface area contributed by atoms with Crippen LogP contribution in [0.5, 0.6) is 0 Å². The lowest BCUT2D eigenvalue weighted by atomic mass is 9.92. The Morgan fingerprint density at radius 1 is 0.412 bits per heavy atom. The van der Waals surface area contributed by atoms with Gasteiger partial charge in [0.25, 0.3) is 11.8 Å². The highest BCUT2D eigenvalue weighted by molar-refractivity contribution is 6.36. The Bertz CT molecular complexity index is 2680. The summed E-state index contributed by atoms with van der Waals surface area (Å²) in [6, 6.07) is 50.9. The highest BCUT2D eigenvalue weighted by atomic mass is 16.2. The Labute approximate surface area is 296 Å². The fourth-order valence-corrected chi connectivity index (χ4v) is 8.19. The standard InChI is InChI=1S/C47H34N2O2/c1-29-26-30(2)43(31(3)27-29)34-24-25-40-38(28-34)36-18-10-11-21-39(36)48(40)42-23-13-20-37-45(42)47(51)49(46(37)50)41-22-12-19-35(32-14-6-4-7-15-32)44(41)33-16-8-5-9-17-33/h4-28H,1-3H3. The number of amides is 2. The van der Waals surface area contributed by atoms with Gasteiger partial charge in [-0.2, -0.15) is 0 Å². The molecule has 4 nitrogen and oxygen atoms in total. The molecule has 8 aromatic rings. The fourth-order valence-electron chi connectivity index (χ4n) is 8.19. The summed E-state index contributed by atoms with van der Waals surface area (Å²) in [5.41, 5.74) is 13.9. The molecule has 1 aromatic heterocycles. The van der Waals surface area contributed by atoms with Gasteiger partial charge in [0.15, 0.2) is 0 Å². The van der Waals surface area contributed by atoms with Gasteiger partial charge in [-0.3, -0.25) is 9.59 Å². The van der Waals surface area contributed by atoms with Gasteiger partial charge >= 0.3 is 0 Å². The highest BCUT2D eigenvalue weighted by Crippen LogP contribution is 2.44. The highest BCUT2D eigenvalue weighted by Gasteiger charge is 2.40. The van der Waals surface area contributed by atoms with E-state index in [-0.39, 0.29) is 11.8 Å². The molecule has 0 fully saturated rings. The summed E-state index contributed by atoms with van der Waals surface area (Å²) in [6.07, 6.45) is 0. The predicted molar refractivity (Wildman–Crippen MR) is 209 cm³/mol. The number of para-hydroxylation sites is 1. The van der Waals surface area contributed by atoms with Gasteiger partial charge in [-0.15, -0.1) is 0 Å². The monoisotopic (exact) mass is 658 g/mol. The number of imide groups is 1. The molecule has 2 heterocycles. The molecule has 1 aliphatic heterocycles. The number of aryl methyl sites for hydroxylation is 3. The summed E-state index contributed by atoms with van der Waals surface area (Å²) in [5.74, 6) is -0.658. The molecule has 0 saturated heterocycles. The van der Waals surface area contributed by atoms with Gasteiger partial charge in [0.05, 0.1) is 33.5 Å². The maximum Gasteiger partial charge on any atom is 0.268 e. The first-order chi connectivity index (χ1) is 24.9. The molecule has 0 N–H and O–H groups in total. The summed E-state index contributed by atoms with van der Waals surface area (Å²) in [7, 11) is 0.